The molecule has 2 aromatic rings. The number of rotatable bonds is 4. The lowest BCUT2D eigenvalue weighted by Crippen LogP contribution is -2.42. The topological polar surface area (TPSA) is 75.6 Å². The molecule has 2 aromatic carbocycles. The van der Waals surface area contributed by atoms with E-state index in [1.54, 1.807) is 12.1 Å². The Bertz CT molecular complexity index is 531. The number of amides is 1. The van der Waals surface area contributed by atoms with Crippen LogP contribution in [-0.2, 0) is 16.0 Å². The summed E-state index contributed by atoms with van der Waals surface area (Å²) in [5, 5.41) is 11.2. The van der Waals surface area contributed by atoms with Crippen molar-refractivity contribution in [3.8, 4) is 0 Å². The zero-order valence-corrected chi connectivity index (χ0v) is 12.3. The maximum absolute atomic E-state index is 10.9. The van der Waals surface area contributed by atoms with Gasteiger partial charge < -0.3 is 15.2 Å². The van der Waals surface area contributed by atoms with Gasteiger partial charge in [-0.1, -0.05) is 66.7 Å². The van der Waals surface area contributed by atoms with E-state index >= 15 is 0 Å². The molecule has 0 aromatic heterocycles. The Morgan fingerprint density at radius 3 is 1.86 bits per heavy atom. The van der Waals surface area contributed by atoms with Crippen LogP contribution in [0.4, 0.5) is 4.79 Å². The second-order valence-corrected chi connectivity index (χ2v) is 4.37. The third-order valence-electron chi connectivity index (χ3n) is 2.72. The number of carbonyl (C=O) groups excluding carboxylic acids is 1. The summed E-state index contributed by atoms with van der Waals surface area (Å²) in [7, 11) is 1.19. The summed E-state index contributed by atoms with van der Waals surface area (Å²) in [4.78, 5) is 21.8. The van der Waals surface area contributed by atoms with Crippen LogP contribution in [0.1, 0.15) is 5.56 Å². The van der Waals surface area contributed by atoms with Gasteiger partial charge in [0.05, 0.1) is 7.11 Å². The van der Waals surface area contributed by atoms with Gasteiger partial charge in [-0.3, -0.25) is 0 Å². The Hall–Kier alpha value is -2.82. The van der Waals surface area contributed by atoms with Crippen LogP contribution in [0.2, 0.25) is 0 Å². The number of ether oxygens (including phenoxy) is 1. The molecule has 1 atom stereocenters. The highest BCUT2D eigenvalue weighted by Gasteiger charge is 2.20. The van der Waals surface area contributed by atoms with Gasteiger partial charge in [0.25, 0.3) is 0 Å². The predicted octanol–water partition coefficient (Wildman–Crippen LogP) is 2.72. The lowest BCUT2D eigenvalue weighted by molar-refractivity contribution is -0.139. The van der Waals surface area contributed by atoms with E-state index in [2.05, 4.69) is 10.1 Å². The first-order valence-corrected chi connectivity index (χ1v) is 6.74. The molecular formula is C17H19NO4. The molecule has 1 amide bonds. The van der Waals surface area contributed by atoms with Gasteiger partial charge in [-0.15, -0.1) is 0 Å². The molecule has 5 heteroatoms. The van der Waals surface area contributed by atoms with E-state index in [9.17, 15) is 9.59 Å². The molecule has 0 aliphatic carbocycles. The Kier molecular flexibility index (Phi) is 7.82. The molecule has 1 unspecified atom stereocenters. The van der Waals surface area contributed by atoms with Gasteiger partial charge in [-0.05, 0) is 5.56 Å². The van der Waals surface area contributed by atoms with Crippen molar-refractivity contribution in [1.29, 1.82) is 0 Å². The number of hydrogen-bond donors (Lipinski definition) is 2. The van der Waals surface area contributed by atoms with Gasteiger partial charge in [0.1, 0.15) is 6.04 Å². The van der Waals surface area contributed by atoms with Gasteiger partial charge in [0.15, 0.2) is 0 Å². The highest BCUT2D eigenvalue weighted by molar-refractivity contribution is 5.80. The highest BCUT2D eigenvalue weighted by atomic mass is 16.5. The number of methoxy groups -OCH3 is 1. The van der Waals surface area contributed by atoms with Crippen LogP contribution in [0.5, 0.6) is 0 Å². The fraction of sp³-hybridized carbons (Fsp3) is 0.176. The number of nitrogens with one attached hydrogen (secondary N) is 1. The highest BCUT2D eigenvalue weighted by Crippen LogP contribution is 2.03. The lowest BCUT2D eigenvalue weighted by atomic mass is 10.1. The average Bonchev–Trinajstić information content (AvgIpc) is 2.57. The molecule has 0 bridgehead atoms. The molecule has 0 aliphatic heterocycles. The van der Waals surface area contributed by atoms with Crippen molar-refractivity contribution >= 4 is 12.1 Å². The van der Waals surface area contributed by atoms with Crippen molar-refractivity contribution in [3.63, 3.8) is 0 Å². The summed E-state index contributed by atoms with van der Waals surface area (Å²) in [5.74, 6) is -1.09. The first-order valence-electron chi connectivity index (χ1n) is 6.74. The average molecular weight is 301 g/mol. The third kappa shape index (κ3) is 7.09. The minimum atomic E-state index is -1.09. The molecule has 0 spiro atoms. The van der Waals surface area contributed by atoms with Crippen molar-refractivity contribution in [2.24, 2.45) is 0 Å². The number of carboxylic acid groups (broad SMARTS) is 1. The first kappa shape index (κ1) is 17.2. The monoisotopic (exact) mass is 301 g/mol. The Labute approximate surface area is 129 Å². The fourth-order valence-corrected chi connectivity index (χ4v) is 1.64. The van der Waals surface area contributed by atoms with Gasteiger partial charge in [-0.25, -0.2) is 9.59 Å². The molecule has 2 N–H and O–H groups in total. The molecule has 5 nitrogen and oxygen atoms in total. The Morgan fingerprint density at radius 1 is 1.00 bits per heavy atom. The molecule has 0 aliphatic rings. The number of alkyl carbamates (subject to hydrolysis) is 1. The van der Waals surface area contributed by atoms with E-state index in [0.717, 1.165) is 5.56 Å². The summed E-state index contributed by atoms with van der Waals surface area (Å²) in [6.45, 7) is 0. The van der Waals surface area contributed by atoms with Crippen LogP contribution in [-0.4, -0.2) is 30.3 Å². The maximum atomic E-state index is 10.9. The van der Waals surface area contributed by atoms with E-state index in [1.165, 1.54) is 7.11 Å². The van der Waals surface area contributed by atoms with Crippen molar-refractivity contribution in [1.82, 2.24) is 5.32 Å². The minimum Gasteiger partial charge on any atom is -0.480 e. The van der Waals surface area contributed by atoms with E-state index in [0.29, 0.717) is 0 Å². The van der Waals surface area contributed by atoms with Crippen LogP contribution < -0.4 is 5.32 Å². The van der Waals surface area contributed by atoms with Crippen LogP contribution in [0.25, 0.3) is 0 Å². The van der Waals surface area contributed by atoms with Crippen molar-refractivity contribution in [2.75, 3.05) is 7.11 Å². The predicted molar refractivity (Wildman–Crippen MR) is 83.6 cm³/mol. The van der Waals surface area contributed by atoms with Crippen molar-refractivity contribution < 1.29 is 19.4 Å². The van der Waals surface area contributed by atoms with E-state index in [1.807, 2.05) is 54.6 Å². The normalized spacial score (nSPS) is 10.6. The molecule has 2 rings (SSSR count). The lowest BCUT2D eigenvalue weighted by Gasteiger charge is -2.13. The summed E-state index contributed by atoms with van der Waals surface area (Å²) in [5.41, 5.74) is 0.839. The number of benzene rings is 2. The second-order valence-electron chi connectivity index (χ2n) is 4.37. The minimum absolute atomic E-state index is 0.227. The van der Waals surface area contributed by atoms with Crippen LogP contribution in [0.15, 0.2) is 66.7 Å². The van der Waals surface area contributed by atoms with E-state index in [4.69, 9.17) is 5.11 Å². The maximum Gasteiger partial charge on any atom is 0.407 e. The molecule has 0 saturated carbocycles. The van der Waals surface area contributed by atoms with Crippen LogP contribution in [0.3, 0.4) is 0 Å². The summed E-state index contributed by atoms with van der Waals surface area (Å²) >= 11 is 0. The molecule has 22 heavy (non-hydrogen) atoms. The fourth-order valence-electron chi connectivity index (χ4n) is 1.64. The van der Waals surface area contributed by atoms with Gasteiger partial charge in [0.2, 0.25) is 0 Å². The molecule has 0 heterocycles. The van der Waals surface area contributed by atoms with Crippen LogP contribution >= 0.6 is 0 Å². The van der Waals surface area contributed by atoms with Gasteiger partial charge in [-0.2, -0.15) is 0 Å². The second kappa shape index (κ2) is 9.99. The van der Waals surface area contributed by atoms with Crippen LogP contribution in [0, 0.1) is 0 Å². The SMILES string of the molecule is COC(=O)NC(Cc1ccccc1)C(=O)O.c1ccccc1. The third-order valence-corrected chi connectivity index (χ3v) is 2.72. The molecule has 116 valence electrons. The molecule has 0 saturated heterocycles. The molecular weight excluding hydrogens is 282 g/mol. The van der Waals surface area contributed by atoms with E-state index < -0.39 is 18.1 Å². The Morgan fingerprint density at radius 2 is 1.45 bits per heavy atom. The number of aliphatic carboxylic acids is 1. The van der Waals surface area contributed by atoms with Gasteiger partial charge in [0, 0.05) is 6.42 Å². The van der Waals surface area contributed by atoms with E-state index in [-0.39, 0.29) is 6.42 Å². The quantitative estimate of drug-likeness (QED) is 0.910. The first-order chi connectivity index (χ1) is 10.6. The number of carbonyl (C=O) groups is 2. The number of carboxylic acids is 1. The standard InChI is InChI=1S/C11H13NO4.C6H6/c1-16-11(15)12-9(10(13)14)7-8-5-3-2-4-6-8;1-2-4-6-5-3-1/h2-6,9H,7H2,1H3,(H,12,15)(H,13,14);1-6H. The smallest absolute Gasteiger partial charge is 0.407 e. The summed E-state index contributed by atoms with van der Waals surface area (Å²) < 4.78 is 4.36. The Balaban J connectivity index is 0.000000335. The van der Waals surface area contributed by atoms with Crippen molar-refractivity contribution in [3.05, 3.63) is 72.3 Å². The number of hydrogen-bond acceptors (Lipinski definition) is 3. The summed E-state index contributed by atoms with van der Waals surface area (Å²) in [6, 6.07) is 20.1. The molecule has 0 radical (unpaired) electrons. The van der Waals surface area contributed by atoms with Gasteiger partial charge >= 0.3 is 12.1 Å². The summed E-state index contributed by atoms with van der Waals surface area (Å²) in [6.07, 6.45) is -0.519. The largest absolute Gasteiger partial charge is 0.480 e. The molecule has 0 fully saturated rings. The zero-order valence-electron chi connectivity index (χ0n) is 12.3. The van der Waals surface area contributed by atoms with Crippen molar-refractivity contribution in [2.45, 2.75) is 12.5 Å². The zero-order chi connectivity index (χ0) is 16.2.